The number of piperazine rings is 1. The smallest absolute Gasteiger partial charge is 0.227 e. The molecule has 4 nitrogen and oxygen atoms in total. The van der Waals surface area contributed by atoms with E-state index in [1.54, 1.807) is 6.20 Å². The normalized spacial score (nSPS) is 15.0. The Morgan fingerprint density at radius 2 is 1.95 bits per heavy atom. The molecule has 0 saturated carbocycles. The van der Waals surface area contributed by atoms with Gasteiger partial charge >= 0.3 is 0 Å². The van der Waals surface area contributed by atoms with Crippen LogP contribution in [0.5, 0.6) is 0 Å². The molecule has 3 rings (SSSR count). The fraction of sp³-hybridized carbons (Fsp3) is 0.294. The van der Waals surface area contributed by atoms with Gasteiger partial charge in [0, 0.05) is 44.1 Å². The number of pyridine rings is 1. The lowest BCUT2D eigenvalue weighted by Gasteiger charge is -2.27. The van der Waals surface area contributed by atoms with Crippen LogP contribution in [0.3, 0.4) is 0 Å². The first-order valence-corrected chi connectivity index (χ1v) is 7.31. The maximum absolute atomic E-state index is 12.4. The van der Waals surface area contributed by atoms with Crippen LogP contribution in [-0.4, -0.2) is 42.0 Å². The van der Waals surface area contributed by atoms with Gasteiger partial charge in [-0.1, -0.05) is 30.3 Å². The summed E-state index contributed by atoms with van der Waals surface area (Å²) in [6.07, 6.45) is 4.05. The molecule has 2 heterocycles. The number of hydrogen-bond acceptors (Lipinski definition) is 3. The van der Waals surface area contributed by atoms with E-state index in [1.807, 2.05) is 41.4 Å². The molecule has 1 N–H and O–H groups in total. The number of benzene rings is 1. The predicted molar refractivity (Wildman–Crippen MR) is 82.8 cm³/mol. The Balaban J connectivity index is 1.81. The van der Waals surface area contributed by atoms with Gasteiger partial charge in [-0.15, -0.1) is 0 Å². The third-order valence-corrected chi connectivity index (χ3v) is 3.80. The van der Waals surface area contributed by atoms with Gasteiger partial charge in [0.2, 0.25) is 5.91 Å². The minimum absolute atomic E-state index is 0.202. The zero-order valence-electron chi connectivity index (χ0n) is 12.0. The molecule has 1 aromatic carbocycles. The first-order chi connectivity index (χ1) is 10.3. The van der Waals surface area contributed by atoms with Gasteiger partial charge in [0.15, 0.2) is 0 Å². The Morgan fingerprint density at radius 1 is 1.14 bits per heavy atom. The van der Waals surface area contributed by atoms with Crippen molar-refractivity contribution >= 4 is 5.91 Å². The maximum Gasteiger partial charge on any atom is 0.227 e. The fourth-order valence-electron chi connectivity index (χ4n) is 2.67. The summed E-state index contributed by atoms with van der Waals surface area (Å²) in [5, 5.41) is 3.27. The lowest BCUT2D eigenvalue weighted by atomic mass is 9.98. The second kappa shape index (κ2) is 6.50. The zero-order valence-corrected chi connectivity index (χ0v) is 12.0. The Bertz CT molecular complexity index is 606. The molecular weight excluding hydrogens is 262 g/mol. The van der Waals surface area contributed by atoms with Crippen molar-refractivity contribution in [3.05, 3.63) is 54.4 Å². The van der Waals surface area contributed by atoms with E-state index >= 15 is 0 Å². The molecule has 1 saturated heterocycles. The monoisotopic (exact) mass is 281 g/mol. The van der Waals surface area contributed by atoms with E-state index in [9.17, 15) is 4.79 Å². The lowest BCUT2D eigenvalue weighted by Crippen LogP contribution is -2.46. The van der Waals surface area contributed by atoms with Crippen LogP contribution in [0, 0.1) is 0 Å². The number of amides is 1. The molecule has 1 fully saturated rings. The SMILES string of the molecule is O=C(Cc1ccccc1-c1cccnc1)N1CCNCC1. The predicted octanol–water partition coefficient (Wildman–Crippen LogP) is 1.72. The van der Waals surface area contributed by atoms with Gasteiger partial charge in [-0.3, -0.25) is 9.78 Å². The molecule has 0 spiro atoms. The zero-order chi connectivity index (χ0) is 14.5. The summed E-state index contributed by atoms with van der Waals surface area (Å²) in [5.74, 6) is 0.202. The van der Waals surface area contributed by atoms with Crippen molar-refractivity contribution in [3.8, 4) is 11.1 Å². The van der Waals surface area contributed by atoms with Crippen LogP contribution in [0.25, 0.3) is 11.1 Å². The first-order valence-electron chi connectivity index (χ1n) is 7.31. The summed E-state index contributed by atoms with van der Waals surface area (Å²) in [5.41, 5.74) is 3.21. The summed E-state index contributed by atoms with van der Waals surface area (Å²) in [4.78, 5) is 18.5. The molecule has 1 aliphatic heterocycles. The van der Waals surface area contributed by atoms with E-state index in [2.05, 4.69) is 16.4 Å². The van der Waals surface area contributed by atoms with Crippen LogP contribution < -0.4 is 5.32 Å². The minimum Gasteiger partial charge on any atom is -0.340 e. The van der Waals surface area contributed by atoms with E-state index < -0.39 is 0 Å². The quantitative estimate of drug-likeness (QED) is 0.932. The molecule has 0 atom stereocenters. The second-order valence-corrected chi connectivity index (χ2v) is 5.21. The van der Waals surface area contributed by atoms with Crippen LogP contribution in [0.15, 0.2) is 48.8 Å². The second-order valence-electron chi connectivity index (χ2n) is 5.21. The van der Waals surface area contributed by atoms with E-state index in [0.717, 1.165) is 42.9 Å². The standard InChI is InChI=1S/C17H19N3O/c21-17(20-10-8-18-9-11-20)12-14-4-1-2-6-16(14)15-5-3-7-19-13-15/h1-7,13,18H,8-12H2. The fourth-order valence-corrected chi connectivity index (χ4v) is 2.67. The molecule has 0 radical (unpaired) electrons. The van der Waals surface area contributed by atoms with Gasteiger partial charge in [-0.05, 0) is 17.2 Å². The summed E-state index contributed by atoms with van der Waals surface area (Å²) in [6, 6.07) is 12.0. The summed E-state index contributed by atoms with van der Waals surface area (Å²) in [7, 11) is 0. The van der Waals surface area contributed by atoms with E-state index in [-0.39, 0.29) is 5.91 Å². The van der Waals surface area contributed by atoms with Crippen molar-refractivity contribution in [1.82, 2.24) is 15.2 Å². The molecule has 108 valence electrons. The Hall–Kier alpha value is -2.20. The first kappa shape index (κ1) is 13.8. The highest BCUT2D eigenvalue weighted by Crippen LogP contribution is 2.23. The Kier molecular flexibility index (Phi) is 4.26. The van der Waals surface area contributed by atoms with Crippen LogP contribution in [0.1, 0.15) is 5.56 Å². The number of rotatable bonds is 3. The molecule has 0 bridgehead atoms. The number of nitrogens with one attached hydrogen (secondary N) is 1. The summed E-state index contributed by atoms with van der Waals surface area (Å²) in [6.45, 7) is 3.37. The highest BCUT2D eigenvalue weighted by molar-refractivity contribution is 5.82. The Labute approximate surface area is 124 Å². The molecule has 4 heteroatoms. The Morgan fingerprint density at radius 3 is 2.71 bits per heavy atom. The van der Waals surface area contributed by atoms with Crippen molar-refractivity contribution in [2.45, 2.75) is 6.42 Å². The van der Waals surface area contributed by atoms with Gasteiger partial charge in [0.05, 0.1) is 6.42 Å². The van der Waals surface area contributed by atoms with Crippen molar-refractivity contribution < 1.29 is 4.79 Å². The van der Waals surface area contributed by atoms with Crippen molar-refractivity contribution in [3.63, 3.8) is 0 Å². The number of hydrogen-bond donors (Lipinski definition) is 1. The van der Waals surface area contributed by atoms with Gasteiger partial charge in [0.25, 0.3) is 0 Å². The molecular formula is C17H19N3O. The van der Waals surface area contributed by atoms with E-state index in [0.29, 0.717) is 6.42 Å². The van der Waals surface area contributed by atoms with Gasteiger partial charge in [-0.2, -0.15) is 0 Å². The number of aromatic nitrogens is 1. The molecule has 0 aliphatic carbocycles. The van der Waals surface area contributed by atoms with E-state index in [4.69, 9.17) is 0 Å². The summed E-state index contributed by atoms with van der Waals surface area (Å²) >= 11 is 0. The average molecular weight is 281 g/mol. The lowest BCUT2D eigenvalue weighted by molar-refractivity contribution is -0.131. The molecule has 1 aliphatic rings. The van der Waals surface area contributed by atoms with Crippen LogP contribution >= 0.6 is 0 Å². The molecule has 2 aromatic rings. The van der Waals surface area contributed by atoms with Crippen LogP contribution in [-0.2, 0) is 11.2 Å². The number of carbonyl (C=O) groups excluding carboxylic acids is 1. The van der Waals surface area contributed by atoms with E-state index in [1.165, 1.54) is 0 Å². The van der Waals surface area contributed by atoms with Crippen molar-refractivity contribution in [2.75, 3.05) is 26.2 Å². The summed E-state index contributed by atoms with van der Waals surface area (Å²) < 4.78 is 0. The number of nitrogens with zero attached hydrogens (tertiary/aromatic N) is 2. The van der Waals surface area contributed by atoms with Crippen LogP contribution in [0.4, 0.5) is 0 Å². The van der Waals surface area contributed by atoms with Crippen molar-refractivity contribution in [2.24, 2.45) is 0 Å². The minimum atomic E-state index is 0.202. The molecule has 0 unspecified atom stereocenters. The van der Waals surface area contributed by atoms with Crippen LogP contribution in [0.2, 0.25) is 0 Å². The molecule has 1 amide bonds. The topological polar surface area (TPSA) is 45.2 Å². The largest absolute Gasteiger partial charge is 0.340 e. The number of carbonyl (C=O) groups is 1. The third-order valence-electron chi connectivity index (χ3n) is 3.80. The van der Waals surface area contributed by atoms with Crippen molar-refractivity contribution in [1.29, 1.82) is 0 Å². The maximum atomic E-state index is 12.4. The van der Waals surface area contributed by atoms with Gasteiger partial charge in [-0.25, -0.2) is 0 Å². The molecule has 1 aromatic heterocycles. The average Bonchev–Trinajstić information content (AvgIpc) is 2.57. The molecule has 21 heavy (non-hydrogen) atoms. The van der Waals surface area contributed by atoms with Gasteiger partial charge < -0.3 is 10.2 Å². The van der Waals surface area contributed by atoms with Gasteiger partial charge in [0.1, 0.15) is 0 Å². The highest BCUT2D eigenvalue weighted by atomic mass is 16.2. The highest BCUT2D eigenvalue weighted by Gasteiger charge is 2.17. The third kappa shape index (κ3) is 3.28.